The van der Waals surface area contributed by atoms with E-state index in [1.807, 2.05) is 37.3 Å². The molecule has 1 aromatic heterocycles. The van der Waals surface area contributed by atoms with Gasteiger partial charge in [-0.1, -0.05) is 24.3 Å². The van der Waals surface area contributed by atoms with Crippen LogP contribution in [0.2, 0.25) is 0 Å². The van der Waals surface area contributed by atoms with E-state index in [0.29, 0.717) is 17.0 Å². The van der Waals surface area contributed by atoms with Gasteiger partial charge in [-0.25, -0.2) is 12.4 Å². The highest BCUT2D eigenvalue weighted by atomic mass is 35.5. The van der Waals surface area contributed by atoms with Crippen molar-refractivity contribution < 1.29 is 8.42 Å². The predicted octanol–water partition coefficient (Wildman–Crippen LogP) is 3.80. The lowest BCUT2D eigenvalue weighted by Crippen LogP contribution is -2.54. The van der Waals surface area contributed by atoms with E-state index in [-0.39, 0.29) is 12.4 Å². The van der Waals surface area contributed by atoms with Gasteiger partial charge in [0.15, 0.2) is 0 Å². The molecular weight excluding hydrogens is 394 g/mol. The number of rotatable bonds is 3. The van der Waals surface area contributed by atoms with Crippen LogP contribution in [-0.2, 0) is 10.0 Å². The Kier molecular flexibility index (Phi) is 5.75. The largest absolute Gasteiger partial charge is 0.368 e. The highest BCUT2D eigenvalue weighted by Gasteiger charge is 2.25. The number of fused-ring (bicyclic) bond motifs is 1. The van der Waals surface area contributed by atoms with E-state index in [2.05, 4.69) is 30.1 Å². The molecule has 0 radical (unpaired) electrons. The summed E-state index contributed by atoms with van der Waals surface area (Å²) in [7, 11) is -3.64. The van der Waals surface area contributed by atoms with Gasteiger partial charge in [0.25, 0.3) is 10.0 Å². The number of piperazine rings is 1. The summed E-state index contributed by atoms with van der Waals surface area (Å²) in [5, 5.41) is 4.51. The fraction of sp³-hybridized carbons (Fsp3) is 0.333. The summed E-state index contributed by atoms with van der Waals surface area (Å²) in [5.41, 5.74) is 2.56. The van der Waals surface area contributed by atoms with Crippen molar-refractivity contribution in [2.45, 2.75) is 37.8 Å². The molecule has 2 heterocycles. The molecule has 1 saturated heterocycles. The highest BCUT2D eigenvalue weighted by molar-refractivity contribution is 7.90. The van der Waals surface area contributed by atoms with Crippen LogP contribution in [0.5, 0.6) is 0 Å². The maximum atomic E-state index is 13.3. The van der Waals surface area contributed by atoms with Gasteiger partial charge in [0.1, 0.15) is 0 Å². The van der Waals surface area contributed by atoms with E-state index in [1.165, 1.54) is 3.97 Å². The van der Waals surface area contributed by atoms with Crippen LogP contribution in [0, 0.1) is 6.92 Å². The monoisotopic (exact) mass is 419 g/mol. The second-order valence-electron chi connectivity index (χ2n) is 7.47. The smallest absolute Gasteiger partial charge is 0.268 e. The van der Waals surface area contributed by atoms with Crippen LogP contribution >= 0.6 is 12.4 Å². The highest BCUT2D eigenvalue weighted by Crippen LogP contribution is 2.31. The van der Waals surface area contributed by atoms with Crippen LogP contribution in [0.25, 0.3) is 10.9 Å². The molecular formula is C21H26ClN3O2S. The molecule has 5 nitrogen and oxygen atoms in total. The molecule has 0 saturated carbocycles. The van der Waals surface area contributed by atoms with Crippen LogP contribution in [0.1, 0.15) is 19.4 Å². The third kappa shape index (κ3) is 3.52. The lowest BCUT2D eigenvalue weighted by molar-refractivity contribution is 0.407. The van der Waals surface area contributed by atoms with Gasteiger partial charge in [0, 0.05) is 42.4 Å². The van der Waals surface area contributed by atoms with Gasteiger partial charge in [-0.15, -0.1) is 12.4 Å². The maximum absolute atomic E-state index is 13.3. The van der Waals surface area contributed by atoms with Gasteiger partial charge in [-0.3, -0.25) is 0 Å². The van der Waals surface area contributed by atoms with Crippen molar-refractivity contribution in [1.29, 1.82) is 0 Å². The van der Waals surface area contributed by atoms with E-state index in [0.717, 1.165) is 35.2 Å². The molecule has 0 aliphatic carbocycles. The Morgan fingerprint density at radius 2 is 1.64 bits per heavy atom. The summed E-state index contributed by atoms with van der Waals surface area (Å²) >= 11 is 0. The van der Waals surface area contributed by atoms with Crippen molar-refractivity contribution >= 4 is 39.0 Å². The molecule has 4 rings (SSSR count). The molecule has 7 heteroatoms. The predicted molar refractivity (Wildman–Crippen MR) is 117 cm³/mol. The molecule has 1 aliphatic rings. The van der Waals surface area contributed by atoms with Crippen molar-refractivity contribution in [3.63, 3.8) is 0 Å². The molecule has 0 amide bonds. The van der Waals surface area contributed by atoms with Crippen LogP contribution in [0.15, 0.2) is 59.6 Å². The lowest BCUT2D eigenvalue weighted by atomic mass is 10.1. The third-order valence-electron chi connectivity index (χ3n) is 5.20. The zero-order valence-electron chi connectivity index (χ0n) is 16.3. The number of aryl methyl sites for hydroxylation is 1. The maximum Gasteiger partial charge on any atom is 0.268 e. The number of hydrogen-bond acceptors (Lipinski definition) is 4. The fourth-order valence-electron chi connectivity index (χ4n) is 4.09. The number of hydrogen-bond donors (Lipinski definition) is 1. The minimum atomic E-state index is -3.64. The average Bonchev–Trinajstić information content (AvgIpc) is 3.06. The summed E-state index contributed by atoms with van der Waals surface area (Å²) in [6, 6.07) is 15.7. The molecule has 1 N–H and O–H groups in total. The second kappa shape index (κ2) is 7.78. The van der Waals surface area contributed by atoms with Gasteiger partial charge < -0.3 is 10.2 Å². The molecule has 150 valence electrons. The summed E-state index contributed by atoms with van der Waals surface area (Å²) in [4.78, 5) is 2.69. The van der Waals surface area contributed by atoms with Gasteiger partial charge >= 0.3 is 0 Å². The quantitative estimate of drug-likeness (QED) is 0.701. The topological polar surface area (TPSA) is 54.3 Å². The molecule has 3 aromatic rings. The first-order valence-electron chi connectivity index (χ1n) is 9.30. The van der Waals surface area contributed by atoms with E-state index in [9.17, 15) is 8.42 Å². The van der Waals surface area contributed by atoms with Crippen LogP contribution in [0.3, 0.4) is 0 Å². The number of aromatic nitrogens is 1. The number of halogens is 1. The van der Waals surface area contributed by atoms with Gasteiger partial charge in [-0.05, 0) is 50.6 Å². The lowest BCUT2D eigenvalue weighted by Gasteiger charge is -2.38. The molecule has 28 heavy (non-hydrogen) atoms. The number of anilines is 1. The SMILES string of the molecule is Cc1ccccc1S(=O)(=O)n1ccc2c(N3CC(C)NC(C)C3)cccc21.Cl. The van der Waals surface area contributed by atoms with Crippen LogP contribution in [-0.4, -0.2) is 37.6 Å². The molecule has 1 fully saturated rings. The van der Waals surface area contributed by atoms with E-state index in [4.69, 9.17) is 0 Å². The Morgan fingerprint density at radius 1 is 0.964 bits per heavy atom. The zero-order chi connectivity index (χ0) is 19.2. The Bertz CT molecular complexity index is 1080. The van der Waals surface area contributed by atoms with Crippen molar-refractivity contribution in [2.24, 2.45) is 0 Å². The van der Waals surface area contributed by atoms with Crippen molar-refractivity contribution in [1.82, 2.24) is 9.29 Å². The minimum absolute atomic E-state index is 0. The fourth-order valence-corrected chi connectivity index (χ4v) is 5.66. The van der Waals surface area contributed by atoms with Crippen LogP contribution in [0.4, 0.5) is 5.69 Å². The second-order valence-corrected chi connectivity index (χ2v) is 9.25. The zero-order valence-corrected chi connectivity index (χ0v) is 17.9. The summed E-state index contributed by atoms with van der Waals surface area (Å²) in [6.45, 7) is 7.99. The molecule has 2 unspecified atom stereocenters. The molecule has 0 spiro atoms. The summed E-state index contributed by atoms with van der Waals surface area (Å²) in [5.74, 6) is 0. The van der Waals surface area contributed by atoms with Crippen molar-refractivity contribution in [3.8, 4) is 0 Å². The Labute approximate surface area is 172 Å². The van der Waals surface area contributed by atoms with Gasteiger partial charge in [0.2, 0.25) is 0 Å². The first-order chi connectivity index (χ1) is 12.9. The average molecular weight is 420 g/mol. The van der Waals surface area contributed by atoms with E-state index < -0.39 is 10.0 Å². The number of benzene rings is 2. The summed E-state index contributed by atoms with van der Waals surface area (Å²) in [6.07, 6.45) is 1.67. The number of nitrogens with zero attached hydrogens (tertiary/aromatic N) is 2. The first-order valence-corrected chi connectivity index (χ1v) is 10.7. The Hall–Kier alpha value is -2.02. The molecule has 1 aliphatic heterocycles. The van der Waals surface area contributed by atoms with Crippen molar-refractivity contribution in [2.75, 3.05) is 18.0 Å². The molecule has 2 aromatic carbocycles. The molecule has 2 atom stereocenters. The Balaban J connectivity index is 0.00000225. The normalized spacial score (nSPS) is 20.2. The standard InChI is InChI=1S/C21H25N3O2S.ClH/c1-15-7-4-5-10-21(15)27(25,26)24-12-11-18-19(8-6-9-20(18)24)23-13-16(2)22-17(3)14-23;/h4-12,16-17,22H,13-14H2,1-3H3;1H. The van der Waals surface area contributed by atoms with Crippen molar-refractivity contribution in [3.05, 3.63) is 60.3 Å². The minimum Gasteiger partial charge on any atom is -0.368 e. The summed E-state index contributed by atoms with van der Waals surface area (Å²) < 4.78 is 27.9. The first kappa shape index (κ1) is 20.7. The van der Waals surface area contributed by atoms with E-state index in [1.54, 1.807) is 18.3 Å². The molecule has 0 bridgehead atoms. The van der Waals surface area contributed by atoms with Gasteiger partial charge in [0.05, 0.1) is 10.4 Å². The van der Waals surface area contributed by atoms with Crippen LogP contribution < -0.4 is 10.2 Å². The Morgan fingerprint density at radius 3 is 2.32 bits per heavy atom. The van der Waals surface area contributed by atoms with Gasteiger partial charge in [-0.2, -0.15) is 0 Å². The van der Waals surface area contributed by atoms with E-state index >= 15 is 0 Å². The third-order valence-corrected chi connectivity index (χ3v) is 7.05. The number of nitrogens with one attached hydrogen (secondary N) is 1.